The van der Waals surface area contributed by atoms with Crippen LogP contribution in [0.15, 0.2) is 12.2 Å². The molecule has 0 fully saturated rings. The Morgan fingerprint density at radius 3 is 0.982 bits per heavy atom. The molecule has 0 bridgehead atoms. The zero-order valence-corrected chi connectivity index (χ0v) is 37.2. The molecule has 0 aromatic heterocycles. The van der Waals surface area contributed by atoms with E-state index in [4.69, 9.17) is 9.47 Å². The summed E-state index contributed by atoms with van der Waals surface area (Å²) < 4.78 is 10.7. The number of hydrogen-bond donors (Lipinski definition) is 1. The van der Waals surface area contributed by atoms with Crippen LogP contribution in [0, 0.1) is 0 Å². The van der Waals surface area contributed by atoms with Crippen LogP contribution in [0.4, 0.5) is 0 Å². The van der Waals surface area contributed by atoms with E-state index in [0.717, 1.165) is 32.1 Å². The molecule has 55 heavy (non-hydrogen) atoms. The number of hydrogen-bond acceptors (Lipinski definition) is 5. The van der Waals surface area contributed by atoms with Gasteiger partial charge in [-0.15, -0.1) is 0 Å². The third-order valence-electron chi connectivity index (χ3n) is 11.3. The average molecular weight is 777 g/mol. The molecule has 0 amide bonds. The number of carbonyl (C=O) groups is 2. The SMILES string of the molecule is CCCCCCCC/C=C\CCCCCCCCCC(=O)OC(CO)COC(=O)CCCCCCCCCCCCCCCCCCCCCCCCCC. The molecule has 0 heterocycles. The minimum atomic E-state index is -0.768. The van der Waals surface area contributed by atoms with Crippen molar-refractivity contribution in [2.24, 2.45) is 0 Å². The van der Waals surface area contributed by atoms with E-state index in [1.54, 1.807) is 0 Å². The third kappa shape index (κ3) is 45.2. The predicted molar refractivity (Wildman–Crippen MR) is 238 cm³/mol. The van der Waals surface area contributed by atoms with Crippen LogP contribution in [-0.2, 0) is 19.1 Å². The van der Waals surface area contributed by atoms with Crippen LogP contribution in [-0.4, -0.2) is 36.4 Å². The van der Waals surface area contributed by atoms with Crippen molar-refractivity contribution in [2.75, 3.05) is 13.2 Å². The number of aliphatic hydroxyl groups excluding tert-OH is 1. The highest BCUT2D eigenvalue weighted by Crippen LogP contribution is 2.17. The number of ether oxygens (including phenoxy) is 2. The van der Waals surface area contributed by atoms with Crippen molar-refractivity contribution < 1.29 is 24.2 Å². The smallest absolute Gasteiger partial charge is 0.306 e. The van der Waals surface area contributed by atoms with Crippen LogP contribution in [0.5, 0.6) is 0 Å². The summed E-state index contributed by atoms with van der Waals surface area (Å²) in [6.45, 7) is 4.17. The molecular formula is C50H96O5. The standard InChI is InChI=1S/C50H96O5/c1-3-5-7-9-11-13-15-17-19-21-22-23-24-25-26-27-29-30-32-34-36-38-40-42-44-49(52)54-47-48(46-51)55-50(53)45-43-41-39-37-35-33-31-28-20-18-16-14-12-10-8-6-4-2/h18,20,48,51H,3-17,19,21-47H2,1-2H3/b20-18-. The second-order valence-electron chi connectivity index (χ2n) is 16.9. The summed E-state index contributed by atoms with van der Waals surface area (Å²) in [7, 11) is 0. The van der Waals surface area contributed by atoms with E-state index in [0.29, 0.717) is 12.8 Å². The van der Waals surface area contributed by atoms with E-state index < -0.39 is 6.10 Å². The lowest BCUT2D eigenvalue weighted by Gasteiger charge is -2.15. The zero-order chi connectivity index (χ0) is 40.0. The highest BCUT2D eigenvalue weighted by Gasteiger charge is 2.16. The van der Waals surface area contributed by atoms with Crippen LogP contribution in [0.1, 0.15) is 277 Å². The van der Waals surface area contributed by atoms with Crippen molar-refractivity contribution in [1.82, 2.24) is 0 Å². The fourth-order valence-electron chi connectivity index (χ4n) is 7.55. The van der Waals surface area contributed by atoms with Crippen LogP contribution in [0.2, 0.25) is 0 Å². The Labute approximate surface area is 343 Å². The second kappa shape index (κ2) is 47.0. The van der Waals surface area contributed by atoms with Crippen molar-refractivity contribution in [3.05, 3.63) is 12.2 Å². The van der Waals surface area contributed by atoms with E-state index in [1.165, 1.54) is 218 Å². The fourth-order valence-corrected chi connectivity index (χ4v) is 7.55. The molecule has 0 aromatic carbocycles. The van der Waals surface area contributed by atoms with Gasteiger partial charge in [-0.25, -0.2) is 0 Å². The highest BCUT2D eigenvalue weighted by atomic mass is 16.6. The molecule has 0 aromatic rings. The summed E-state index contributed by atoms with van der Waals surface area (Å²) in [4.78, 5) is 24.4. The molecule has 326 valence electrons. The molecule has 1 N–H and O–H groups in total. The van der Waals surface area contributed by atoms with Crippen molar-refractivity contribution in [2.45, 2.75) is 283 Å². The van der Waals surface area contributed by atoms with Gasteiger partial charge < -0.3 is 14.6 Å². The van der Waals surface area contributed by atoms with E-state index >= 15 is 0 Å². The molecule has 0 saturated heterocycles. The van der Waals surface area contributed by atoms with E-state index in [-0.39, 0.29) is 25.2 Å². The Hall–Kier alpha value is -1.36. The second-order valence-corrected chi connectivity index (χ2v) is 16.9. The normalized spacial score (nSPS) is 12.1. The lowest BCUT2D eigenvalue weighted by Crippen LogP contribution is -2.28. The molecule has 0 saturated carbocycles. The van der Waals surface area contributed by atoms with Gasteiger partial charge in [0.1, 0.15) is 6.61 Å². The van der Waals surface area contributed by atoms with Crippen LogP contribution < -0.4 is 0 Å². The molecule has 0 aliphatic carbocycles. The Morgan fingerprint density at radius 1 is 0.400 bits per heavy atom. The molecule has 0 radical (unpaired) electrons. The van der Waals surface area contributed by atoms with Gasteiger partial charge >= 0.3 is 11.9 Å². The van der Waals surface area contributed by atoms with Crippen molar-refractivity contribution >= 4 is 11.9 Å². The summed E-state index contributed by atoms with van der Waals surface area (Å²) in [6, 6.07) is 0. The van der Waals surface area contributed by atoms with Crippen molar-refractivity contribution in [3.63, 3.8) is 0 Å². The third-order valence-corrected chi connectivity index (χ3v) is 11.3. The topological polar surface area (TPSA) is 72.8 Å². The summed E-state index contributed by atoms with van der Waals surface area (Å²) in [5, 5.41) is 9.61. The monoisotopic (exact) mass is 777 g/mol. The molecule has 0 rings (SSSR count). The van der Waals surface area contributed by atoms with E-state index in [1.807, 2.05) is 0 Å². The number of rotatable bonds is 46. The van der Waals surface area contributed by atoms with E-state index in [9.17, 15) is 14.7 Å². The molecule has 0 aliphatic rings. The zero-order valence-electron chi connectivity index (χ0n) is 37.2. The quantitative estimate of drug-likeness (QED) is 0.0379. The molecule has 0 spiro atoms. The fraction of sp³-hybridized carbons (Fsp3) is 0.920. The van der Waals surface area contributed by atoms with Crippen molar-refractivity contribution in [1.29, 1.82) is 0 Å². The molecule has 1 unspecified atom stereocenters. The van der Waals surface area contributed by atoms with Gasteiger partial charge in [-0.2, -0.15) is 0 Å². The minimum absolute atomic E-state index is 0.0608. The summed E-state index contributed by atoms with van der Waals surface area (Å²) in [6.07, 6.45) is 55.9. The predicted octanol–water partition coefficient (Wildman–Crippen LogP) is 16.0. The number of carbonyl (C=O) groups excluding carboxylic acids is 2. The minimum Gasteiger partial charge on any atom is -0.462 e. The van der Waals surface area contributed by atoms with Crippen molar-refractivity contribution in [3.8, 4) is 0 Å². The van der Waals surface area contributed by atoms with Gasteiger partial charge in [-0.3, -0.25) is 9.59 Å². The molecule has 5 nitrogen and oxygen atoms in total. The number of aliphatic hydroxyl groups is 1. The van der Waals surface area contributed by atoms with Crippen LogP contribution in [0.3, 0.4) is 0 Å². The first kappa shape index (κ1) is 53.6. The highest BCUT2D eigenvalue weighted by molar-refractivity contribution is 5.70. The molecular weight excluding hydrogens is 681 g/mol. The Balaban J connectivity index is 3.44. The maximum Gasteiger partial charge on any atom is 0.306 e. The van der Waals surface area contributed by atoms with Gasteiger partial charge in [0.15, 0.2) is 6.10 Å². The molecule has 5 heteroatoms. The van der Waals surface area contributed by atoms with Crippen LogP contribution >= 0.6 is 0 Å². The first-order valence-electron chi connectivity index (χ1n) is 24.7. The first-order valence-corrected chi connectivity index (χ1v) is 24.7. The van der Waals surface area contributed by atoms with Crippen LogP contribution in [0.25, 0.3) is 0 Å². The van der Waals surface area contributed by atoms with Gasteiger partial charge in [-0.05, 0) is 38.5 Å². The summed E-state index contributed by atoms with van der Waals surface area (Å²) >= 11 is 0. The lowest BCUT2D eigenvalue weighted by atomic mass is 10.0. The number of esters is 2. The van der Waals surface area contributed by atoms with E-state index in [2.05, 4.69) is 26.0 Å². The Morgan fingerprint density at radius 2 is 0.673 bits per heavy atom. The maximum atomic E-state index is 12.2. The first-order chi connectivity index (χ1) is 27.1. The van der Waals surface area contributed by atoms with Gasteiger partial charge in [0.25, 0.3) is 0 Å². The number of unbranched alkanes of at least 4 members (excludes halogenated alkanes) is 36. The van der Waals surface area contributed by atoms with Gasteiger partial charge in [0.05, 0.1) is 6.61 Å². The molecule has 1 atom stereocenters. The van der Waals surface area contributed by atoms with Gasteiger partial charge in [-0.1, -0.05) is 238 Å². The summed E-state index contributed by atoms with van der Waals surface area (Å²) in [5.41, 5.74) is 0. The lowest BCUT2D eigenvalue weighted by molar-refractivity contribution is -0.161. The van der Waals surface area contributed by atoms with Gasteiger partial charge in [0, 0.05) is 12.8 Å². The van der Waals surface area contributed by atoms with Gasteiger partial charge in [0.2, 0.25) is 0 Å². The number of allylic oxidation sites excluding steroid dienone is 2. The summed E-state index contributed by atoms with van der Waals surface area (Å²) in [5.74, 6) is -0.578. The Kier molecular flexibility index (Phi) is 45.9. The Bertz CT molecular complexity index is 795. The average Bonchev–Trinajstić information content (AvgIpc) is 3.19. The largest absolute Gasteiger partial charge is 0.462 e. The molecule has 0 aliphatic heterocycles. The maximum absolute atomic E-state index is 12.2.